The van der Waals surface area contributed by atoms with E-state index >= 15 is 0 Å². The minimum absolute atomic E-state index is 0.130. The van der Waals surface area contributed by atoms with E-state index in [1.807, 2.05) is 0 Å². The first-order valence-electron chi connectivity index (χ1n) is 6.04. The van der Waals surface area contributed by atoms with Crippen molar-refractivity contribution in [3.05, 3.63) is 18.2 Å². The Morgan fingerprint density at radius 1 is 1.61 bits per heavy atom. The molecular weight excluding hydrogens is 234 g/mol. The van der Waals surface area contributed by atoms with Gasteiger partial charge in [0.25, 0.3) is 5.91 Å². The smallest absolute Gasteiger partial charge is 0.271 e. The van der Waals surface area contributed by atoms with Crippen molar-refractivity contribution in [2.45, 2.75) is 18.4 Å². The molecule has 2 rings (SSSR count). The van der Waals surface area contributed by atoms with E-state index < -0.39 is 5.60 Å². The second kappa shape index (κ2) is 5.07. The SMILES string of the molecule is CN(CC1(O)CCOCC1)C(=O)c1cncn1C. The summed E-state index contributed by atoms with van der Waals surface area (Å²) in [5.74, 6) is -0.130. The summed E-state index contributed by atoms with van der Waals surface area (Å²) in [5, 5.41) is 10.4. The Morgan fingerprint density at radius 2 is 2.28 bits per heavy atom. The molecule has 6 heteroatoms. The average molecular weight is 253 g/mol. The highest BCUT2D eigenvalue weighted by Crippen LogP contribution is 2.21. The monoisotopic (exact) mass is 253 g/mol. The molecule has 1 aromatic rings. The summed E-state index contributed by atoms with van der Waals surface area (Å²) >= 11 is 0. The van der Waals surface area contributed by atoms with E-state index in [1.165, 1.54) is 6.20 Å². The number of nitrogens with zero attached hydrogens (tertiary/aromatic N) is 3. The van der Waals surface area contributed by atoms with Gasteiger partial charge in [-0.2, -0.15) is 0 Å². The molecule has 0 aliphatic carbocycles. The maximum atomic E-state index is 12.2. The zero-order valence-corrected chi connectivity index (χ0v) is 10.8. The van der Waals surface area contributed by atoms with Crippen LogP contribution in [0.2, 0.25) is 0 Å². The maximum Gasteiger partial charge on any atom is 0.271 e. The van der Waals surface area contributed by atoms with Crippen molar-refractivity contribution < 1.29 is 14.6 Å². The van der Waals surface area contributed by atoms with Crippen LogP contribution in [0, 0.1) is 0 Å². The van der Waals surface area contributed by atoms with Crippen LogP contribution in [0.15, 0.2) is 12.5 Å². The summed E-state index contributed by atoms with van der Waals surface area (Å²) in [6.45, 7) is 1.41. The fraction of sp³-hybridized carbons (Fsp3) is 0.667. The number of hydrogen-bond acceptors (Lipinski definition) is 4. The summed E-state index contributed by atoms with van der Waals surface area (Å²) in [4.78, 5) is 17.6. The van der Waals surface area contributed by atoms with Crippen LogP contribution in [0.1, 0.15) is 23.3 Å². The molecule has 0 radical (unpaired) electrons. The first-order chi connectivity index (χ1) is 8.52. The molecule has 18 heavy (non-hydrogen) atoms. The lowest BCUT2D eigenvalue weighted by Crippen LogP contribution is -2.47. The number of aromatic nitrogens is 2. The number of hydrogen-bond donors (Lipinski definition) is 1. The van der Waals surface area contributed by atoms with Crippen molar-refractivity contribution >= 4 is 5.91 Å². The van der Waals surface area contributed by atoms with Gasteiger partial charge < -0.3 is 19.3 Å². The molecule has 1 aliphatic rings. The van der Waals surface area contributed by atoms with Crippen molar-refractivity contribution in [1.29, 1.82) is 0 Å². The van der Waals surface area contributed by atoms with Crippen LogP contribution in [-0.4, -0.2) is 57.9 Å². The molecule has 0 aromatic carbocycles. The summed E-state index contributed by atoms with van der Waals surface area (Å²) < 4.78 is 6.89. The number of rotatable bonds is 3. The molecule has 1 saturated heterocycles. The number of carbonyl (C=O) groups is 1. The van der Waals surface area contributed by atoms with Crippen molar-refractivity contribution in [3.8, 4) is 0 Å². The summed E-state index contributed by atoms with van der Waals surface area (Å²) in [7, 11) is 3.47. The topological polar surface area (TPSA) is 67.6 Å². The van der Waals surface area contributed by atoms with Crippen molar-refractivity contribution in [1.82, 2.24) is 14.5 Å². The predicted octanol–water partition coefficient (Wildman–Crippen LogP) is 0.0336. The highest BCUT2D eigenvalue weighted by atomic mass is 16.5. The highest BCUT2D eigenvalue weighted by Gasteiger charge is 2.32. The standard InChI is InChI=1S/C12H19N3O3/c1-14(8-12(17)3-5-18-6-4-12)11(16)10-7-13-9-15(10)2/h7,9,17H,3-6,8H2,1-2H3. The zero-order valence-electron chi connectivity index (χ0n) is 10.8. The summed E-state index contributed by atoms with van der Waals surface area (Å²) in [6, 6.07) is 0. The lowest BCUT2D eigenvalue weighted by Gasteiger charge is -2.35. The number of carbonyl (C=O) groups excluding carboxylic acids is 1. The van der Waals surface area contributed by atoms with Gasteiger partial charge >= 0.3 is 0 Å². The van der Waals surface area contributed by atoms with E-state index in [1.54, 1.807) is 29.9 Å². The van der Waals surface area contributed by atoms with Gasteiger partial charge in [0.15, 0.2) is 0 Å². The number of aryl methyl sites for hydroxylation is 1. The Balaban J connectivity index is 2.01. The van der Waals surface area contributed by atoms with Crippen molar-refractivity contribution in [3.63, 3.8) is 0 Å². The van der Waals surface area contributed by atoms with Gasteiger partial charge in [0, 0.05) is 46.7 Å². The minimum Gasteiger partial charge on any atom is -0.388 e. The molecule has 6 nitrogen and oxygen atoms in total. The van der Waals surface area contributed by atoms with Crippen LogP contribution in [0.5, 0.6) is 0 Å². The van der Waals surface area contributed by atoms with Crippen molar-refractivity contribution in [2.75, 3.05) is 26.8 Å². The molecule has 0 spiro atoms. The molecule has 1 N–H and O–H groups in total. The molecular formula is C12H19N3O3. The quantitative estimate of drug-likeness (QED) is 0.825. The van der Waals surface area contributed by atoms with Gasteiger partial charge in [0.05, 0.1) is 18.1 Å². The van der Waals surface area contributed by atoms with Crippen LogP contribution in [0.3, 0.4) is 0 Å². The highest BCUT2D eigenvalue weighted by molar-refractivity contribution is 5.92. The van der Waals surface area contributed by atoms with Gasteiger partial charge in [-0.25, -0.2) is 4.98 Å². The van der Waals surface area contributed by atoms with E-state index in [2.05, 4.69) is 4.98 Å². The molecule has 0 saturated carbocycles. The molecule has 0 unspecified atom stereocenters. The Bertz CT molecular complexity index is 424. The maximum absolute atomic E-state index is 12.2. The van der Waals surface area contributed by atoms with Gasteiger partial charge in [-0.05, 0) is 0 Å². The third kappa shape index (κ3) is 2.70. The first kappa shape index (κ1) is 13.0. The number of imidazole rings is 1. The molecule has 1 aromatic heterocycles. The predicted molar refractivity (Wildman–Crippen MR) is 65.2 cm³/mol. The van der Waals surface area contributed by atoms with Gasteiger partial charge in [0.2, 0.25) is 0 Å². The normalized spacial score (nSPS) is 18.6. The Kier molecular flexibility index (Phi) is 3.68. The van der Waals surface area contributed by atoms with Crippen LogP contribution < -0.4 is 0 Å². The molecule has 2 heterocycles. The van der Waals surface area contributed by atoms with Gasteiger partial charge in [0.1, 0.15) is 5.69 Å². The van der Waals surface area contributed by atoms with Crippen LogP contribution in [0.25, 0.3) is 0 Å². The lowest BCUT2D eigenvalue weighted by atomic mass is 9.94. The third-order valence-corrected chi connectivity index (χ3v) is 3.34. The lowest BCUT2D eigenvalue weighted by molar-refractivity contribution is -0.0734. The van der Waals surface area contributed by atoms with Crippen molar-refractivity contribution in [2.24, 2.45) is 7.05 Å². The van der Waals surface area contributed by atoms with Gasteiger partial charge in [-0.3, -0.25) is 4.79 Å². The summed E-state index contributed by atoms with van der Waals surface area (Å²) in [6.07, 6.45) is 4.25. The molecule has 100 valence electrons. The van der Waals surface area contributed by atoms with Gasteiger partial charge in [-0.15, -0.1) is 0 Å². The summed E-state index contributed by atoms with van der Waals surface area (Å²) in [5.41, 5.74) is -0.311. The Hall–Kier alpha value is -1.40. The Labute approximate surface area is 106 Å². The number of aliphatic hydroxyl groups is 1. The van der Waals surface area contributed by atoms with E-state index in [0.29, 0.717) is 38.3 Å². The molecule has 0 atom stereocenters. The first-order valence-corrected chi connectivity index (χ1v) is 6.04. The minimum atomic E-state index is -0.832. The van der Waals surface area contributed by atoms with Gasteiger partial charge in [-0.1, -0.05) is 0 Å². The average Bonchev–Trinajstić information content (AvgIpc) is 2.74. The third-order valence-electron chi connectivity index (χ3n) is 3.34. The number of ether oxygens (including phenoxy) is 1. The fourth-order valence-electron chi connectivity index (χ4n) is 2.18. The molecule has 1 amide bonds. The fourth-order valence-corrected chi connectivity index (χ4v) is 2.18. The largest absolute Gasteiger partial charge is 0.388 e. The Morgan fingerprint density at radius 3 is 2.83 bits per heavy atom. The molecule has 1 aliphatic heterocycles. The zero-order chi connectivity index (χ0) is 13.2. The van der Waals surface area contributed by atoms with Crippen LogP contribution in [-0.2, 0) is 11.8 Å². The molecule has 0 bridgehead atoms. The van der Waals surface area contributed by atoms with E-state index in [4.69, 9.17) is 4.74 Å². The second-order valence-corrected chi connectivity index (χ2v) is 4.89. The van der Waals surface area contributed by atoms with Crippen LogP contribution >= 0.6 is 0 Å². The van der Waals surface area contributed by atoms with E-state index in [9.17, 15) is 9.90 Å². The van der Waals surface area contributed by atoms with E-state index in [0.717, 1.165) is 0 Å². The van der Waals surface area contributed by atoms with Crippen LogP contribution in [0.4, 0.5) is 0 Å². The molecule has 1 fully saturated rings. The van der Waals surface area contributed by atoms with E-state index in [-0.39, 0.29) is 5.91 Å². The number of amides is 1. The number of likely N-dealkylation sites (N-methyl/N-ethyl adjacent to an activating group) is 1. The second-order valence-electron chi connectivity index (χ2n) is 4.89.